The Bertz CT molecular complexity index is 1640. The van der Waals surface area contributed by atoms with Crippen LogP contribution in [0.3, 0.4) is 0 Å². The molecule has 6 heterocycles. The lowest BCUT2D eigenvalue weighted by molar-refractivity contribution is 0.236. The number of ether oxygens (including phenoxy) is 4. The molecule has 0 spiro atoms. The number of methoxy groups -OCH3 is 2. The van der Waals surface area contributed by atoms with Gasteiger partial charge in [0, 0.05) is 74.7 Å². The predicted molar refractivity (Wildman–Crippen MR) is 203 cm³/mol. The molecular weight excluding hydrogens is 664 g/mol. The number of hydrogen-bond acceptors (Lipinski definition) is 16. The van der Waals surface area contributed by atoms with E-state index in [2.05, 4.69) is 75.1 Å². The molecule has 2 aliphatic heterocycles. The van der Waals surface area contributed by atoms with E-state index in [0.717, 1.165) is 73.4 Å². The fourth-order valence-corrected chi connectivity index (χ4v) is 6.02. The van der Waals surface area contributed by atoms with Crippen LogP contribution in [0.15, 0.2) is 36.7 Å². The van der Waals surface area contributed by atoms with Gasteiger partial charge in [-0.05, 0) is 53.9 Å². The first kappa shape index (κ1) is 38.0. The zero-order valence-electron chi connectivity index (χ0n) is 31.5. The minimum absolute atomic E-state index is 0.475. The number of aromatic nitrogens is 6. The molecule has 2 fully saturated rings. The molecule has 0 aliphatic carbocycles. The van der Waals surface area contributed by atoms with Crippen molar-refractivity contribution in [3.63, 3.8) is 0 Å². The fourth-order valence-electron chi connectivity index (χ4n) is 6.02. The van der Waals surface area contributed by atoms with E-state index >= 15 is 0 Å². The molecule has 0 radical (unpaired) electrons. The van der Waals surface area contributed by atoms with Crippen LogP contribution >= 0.6 is 0 Å². The van der Waals surface area contributed by atoms with E-state index in [4.69, 9.17) is 18.9 Å². The molecule has 0 amide bonds. The molecule has 2 atom stereocenters. The van der Waals surface area contributed by atoms with Crippen LogP contribution in [-0.2, 0) is 0 Å². The molecule has 0 saturated carbocycles. The average molecular weight is 717 g/mol. The normalized spacial score (nSPS) is 17.2. The van der Waals surface area contributed by atoms with Crippen molar-refractivity contribution in [3.05, 3.63) is 48.0 Å². The van der Waals surface area contributed by atoms with Gasteiger partial charge in [-0.15, -0.1) is 0 Å². The van der Waals surface area contributed by atoms with Crippen molar-refractivity contribution in [1.82, 2.24) is 39.7 Å². The van der Waals surface area contributed by atoms with E-state index in [-0.39, 0.29) is 0 Å². The highest BCUT2D eigenvalue weighted by molar-refractivity contribution is 5.59. The number of likely N-dealkylation sites (tertiary alicyclic amines) is 2. The van der Waals surface area contributed by atoms with Crippen LogP contribution in [0.2, 0.25) is 0 Å². The molecule has 6 rings (SSSR count). The number of nitrogens with one attached hydrogen (secondary N) is 4. The van der Waals surface area contributed by atoms with Gasteiger partial charge in [0.1, 0.15) is 11.6 Å². The Hall–Kier alpha value is -5.22. The van der Waals surface area contributed by atoms with Crippen molar-refractivity contribution in [2.75, 3.05) is 103 Å². The third kappa shape index (κ3) is 10.9. The Balaban J connectivity index is 0.000000201. The molecule has 4 aromatic heterocycles. The summed E-state index contributed by atoms with van der Waals surface area (Å²) in [7, 11) is 11.1. The maximum atomic E-state index is 6.00. The van der Waals surface area contributed by atoms with E-state index in [1.165, 1.54) is 0 Å². The molecule has 16 heteroatoms. The summed E-state index contributed by atoms with van der Waals surface area (Å²) in [5, 5.41) is 12.4. The van der Waals surface area contributed by atoms with Gasteiger partial charge in [0.15, 0.2) is 11.5 Å². The van der Waals surface area contributed by atoms with Gasteiger partial charge in [-0.1, -0.05) is 0 Å². The molecule has 52 heavy (non-hydrogen) atoms. The zero-order valence-corrected chi connectivity index (χ0v) is 31.5. The van der Waals surface area contributed by atoms with E-state index in [9.17, 15) is 0 Å². The summed E-state index contributed by atoms with van der Waals surface area (Å²) in [5.41, 5.74) is 3.24. The van der Waals surface area contributed by atoms with E-state index < -0.39 is 0 Å². The zero-order chi connectivity index (χ0) is 37.0. The summed E-state index contributed by atoms with van der Waals surface area (Å²) in [5.74, 6) is 5.76. The average Bonchev–Trinajstić information content (AvgIpc) is 3.76. The molecule has 0 aromatic carbocycles. The summed E-state index contributed by atoms with van der Waals surface area (Å²) in [4.78, 5) is 30.9. The molecule has 1 unspecified atom stereocenters. The second-order valence-corrected chi connectivity index (χ2v) is 13.1. The summed E-state index contributed by atoms with van der Waals surface area (Å²) in [6, 6.07) is 7.50. The van der Waals surface area contributed by atoms with Crippen LogP contribution in [-0.4, -0.2) is 122 Å². The molecule has 4 N–H and O–H groups in total. The van der Waals surface area contributed by atoms with Crippen molar-refractivity contribution in [3.8, 4) is 23.3 Å². The monoisotopic (exact) mass is 716 g/mol. The third-order valence-corrected chi connectivity index (χ3v) is 8.68. The SMILES string of the molecule is CNc1cc(C)nc(Nc2cnc(OC)c(OCC3CCN(C)C3)c2)n1.CNc1cc(C)nc(Nc2cnc(OC)c(OC[C@H]3CCN(C)C3)c2)n1. The topological polar surface area (TPSA) is 169 Å². The first-order valence-corrected chi connectivity index (χ1v) is 17.5. The van der Waals surface area contributed by atoms with E-state index in [1.54, 1.807) is 26.6 Å². The van der Waals surface area contributed by atoms with Gasteiger partial charge in [-0.2, -0.15) is 9.97 Å². The fraction of sp³-hybridized carbons (Fsp3) is 0.500. The van der Waals surface area contributed by atoms with Gasteiger partial charge in [-0.3, -0.25) is 0 Å². The molecule has 280 valence electrons. The van der Waals surface area contributed by atoms with Crippen molar-refractivity contribution in [2.24, 2.45) is 11.8 Å². The van der Waals surface area contributed by atoms with Crippen molar-refractivity contribution in [2.45, 2.75) is 26.7 Å². The molecular formula is C36H52N12O4. The lowest BCUT2D eigenvalue weighted by Gasteiger charge is -2.15. The molecule has 16 nitrogen and oxygen atoms in total. The van der Waals surface area contributed by atoms with Crippen LogP contribution < -0.4 is 40.2 Å². The number of anilines is 6. The lowest BCUT2D eigenvalue weighted by Crippen LogP contribution is -2.18. The highest BCUT2D eigenvalue weighted by atomic mass is 16.5. The van der Waals surface area contributed by atoms with Crippen LogP contribution in [0.5, 0.6) is 23.3 Å². The smallest absolute Gasteiger partial charge is 0.256 e. The number of nitrogens with zero attached hydrogens (tertiary/aromatic N) is 8. The largest absolute Gasteiger partial charge is 0.488 e. The van der Waals surface area contributed by atoms with E-state index in [0.29, 0.717) is 60.2 Å². The Kier molecular flexibility index (Phi) is 13.4. The highest BCUT2D eigenvalue weighted by Gasteiger charge is 2.22. The molecule has 4 aromatic rings. The summed E-state index contributed by atoms with van der Waals surface area (Å²) < 4.78 is 22.7. The molecule has 0 bridgehead atoms. The lowest BCUT2D eigenvalue weighted by atomic mass is 10.1. The van der Waals surface area contributed by atoms with Gasteiger partial charge in [0.25, 0.3) is 11.8 Å². The Labute approximate surface area is 306 Å². The van der Waals surface area contributed by atoms with Crippen LogP contribution in [0.4, 0.5) is 34.9 Å². The minimum Gasteiger partial charge on any atom is -0.488 e. The van der Waals surface area contributed by atoms with E-state index in [1.807, 2.05) is 52.2 Å². The van der Waals surface area contributed by atoms with Gasteiger partial charge in [0.05, 0.1) is 51.2 Å². The van der Waals surface area contributed by atoms with Gasteiger partial charge < -0.3 is 50.0 Å². The highest BCUT2D eigenvalue weighted by Crippen LogP contribution is 2.31. The summed E-state index contributed by atoms with van der Waals surface area (Å²) in [6.07, 6.45) is 5.65. The van der Waals surface area contributed by atoms with Crippen LogP contribution in [0.1, 0.15) is 24.2 Å². The molecule has 2 saturated heterocycles. The predicted octanol–water partition coefficient (Wildman–Crippen LogP) is 4.61. The number of hydrogen-bond donors (Lipinski definition) is 4. The second kappa shape index (κ2) is 18.3. The van der Waals surface area contributed by atoms with Crippen LogP contribution in [0, 0.1) is 25.7 Å². The molecule has 2 aliphatic rings. The van der Waals surface area contributed by atoms with Crippen molar-refractivity contribution >= 4 is 34.9 Å². The van der Waals surface area contributed by atoms with Crippen LogP contribution in [0.25, 0.3) is 0 Å². The Morgan fingerprint density at radius 2 is 1.08 bits per heavy atom. The van der Waals surface area contributed by atoms with Gasteiger partial charge in [0.2, 0.25) is 11.9 Å². The Morgan fingerprint density at radius 3 is 1.42 bits per heavy atom. The maximum absolute atomic E-state index is 6.00. The summed E-state index contributed by atoms with van der Waals surface area (Å²) in [6.45, 7) is 9.48. The van der Waals surface area contributed by atoms with Gasteiger partial charge >= 0.3 is 0 Å². The quantitative estimate of drug-likeness (QED) is 0.143. The number of rotatable bonds is 14. The standard InChI is InChI=1S/2C18H26N6O2/c2*1-12-7-16(19-2)23-18(21-12)22-14-8-15(17(25-4)20-9-14)26-11-13-5-6-24(3)10-13/h2*7-9,13H,5-6,10-11H2,1-4H3,(H2,19,21,22,23)/t13-;/m0./s1. The van der Waals surface area contributed by atoms with Crippen molar-refractivity contribution in [1.29, 1.82) is 0 Å². The third-order valence-electron chi connectivity index (χ3n) is 8.68. The summed E-state index contributed by atoms with van der Waals surface area (Å²) >= 11 is 0. The first-order valence-electron chi connectivity index (χ1n) is 17.5. The first-order chi connectivity index (χ1) is 25.1. The van der Waals surface area contributed by atoms with Crippen molar-refractivity contribution < 1.29 is 18.9 Å². The Morgan fingerprint density at radius 1 is 0.654 bits per heavy atom. The second-order valence-electron chi connectivity index (χ2n) is 13.1. The number of aryl methyl sites for hydroxylation is 2. The van der Waals surface area contributed by atoms with Gasteiger partial charge in [-0.25, -0.2) is 19.9 Å². The maximum Gasteiger partial charge on any atom is 0.256 e. The minimum atomic E-state index is 0.475. The number of pyridine rings is 2.